The maximum Gasteiger partial charge on any atom is 0.252 e. The van der Waals surface area contributed by atoms with E-state index >= 15 is 0 Å². The lowest BCUT2D eigenvalue weighted by Crippen LogP contribution is -2.19. The molecule has 23 heavy (non-hydrogen) atoms. The van der Waals surface area contributed by atoms with Crippen molar-refractivity contribution in [3.63, 3.8) is 0 Å². The number of hydrogen-bond donors (Lipinski definition) is 1. The fourth-order valence-corrected chi connectivity index (χ4v) is 2.60. The molecule has 2 heterocycles. The Balaban J connectivity index is 1.94. The number of rotatable bonds is 4. The third-order valence-corrected chi connectivity index (χ3v) is 4.01. The van der Waals surface area contributed by atoms with Gasteiger partial charge in [0.05, 0.1) is 6.04 Å². The summed E-state index contributed by atoms with van der Waals surface area (Å²) in [6.07, 6.45) is 1.73. The minimum absolute atomic E-state index is 0.0234. The Labute approximate surface area is 139 Å². The van der Waals surface area contributed by atoms with Crippen LogP contribution < -0.4 is 10.9 Å². The number of nitrogens with zero attached hydrogens (tertiary/aromatic N) is 3. The van der Waals surface area contributed by atoms with Gasteiger partial charge in [0.1, 0.15) is 5.65 Å². The average molecular weight is 329 g/mol. The quantitative estimate of drug-likeness (QED) is 0.794. The van der Waals surface area contributed by atoms with E-state index in [0.717, 1.165) is 10.9 Å². The maximum atomic E-state index is 11.9. The van der Waals surface area contributed by atoms with E-state index in [4.69, 9.17) is 11.6 Å². The molecule has 0 spiro atoms. The van der Waals surface area contributed by atoms with Crippen molar-refractivity contribution < 1.29 is 0 Å². The first kappa shape index (κ1) is 15.5. The van der Waals surface area contributed by atoms with Gasteiger partial charge in [0.15, 0.2) is 0 Å². The second kappa shape index (κ2) is 6.38. The van der Waals surface area contributed by atoms with Crippen LogP contribution in [0.15, 0.2) is 47.4 Å². The highest BCUT2D eigenvalue weighted by Crippen LogP contribution is 2.20. The molecule has 0 saturated heterocycles. The van der Waals surface area contributed by atoms with Crippen molar-refractivity contribution >= 4 is 28.6 Å². The summed E-state index contributed by atoms with van der Waals surface area (Å²) in [7, 11) is 0. The first-order chi connectivity index (χ1) is 11.1. The lowest BCUT2D eigenvalue weighted by molar-refractivity contribution is 0.747. The van der Waals surface area contributed by atoms with Crippen molar-refractivity contribution in [3.05, 3.63) is 63.5 Å². The number of nitrogens with one attached hydrogen (secondary N) is 1. The average Bonchev–Trinajstić information content (AvgIpc) is 2.55. The van der Waals surface area contributed by atoms with Gasteiger partial charge in [0, 0.05) is 29.2 Å². The smallest absolute Gasteiger partial charge is 0.252 e. The van der Waals surface area contributed by atoms with Crippen molar-refractivity contribution in [2.45, 2.75) is 26.4 Å². The highest BCUT2D eigenvalue weighted by Gasteiger charge is 2.09. The molecule has 1 aromatic carbocycles. The van der Waals surface area contributed by atoms with Gasteiger partial charge in [-0.1, -0.05) is 23.7 Å². The highest BCUT2D eigenvalue weighted by molar-refractivity contribution is 6.30. The SMILES string of the molecule is CCn1c(=O)ccc2cnc(NC(C)c3ccc(Cl)cc3)nc21. The van der Waals surface area contributed by atoms with Crippen LogP contribution in [0.25, 0.3) is 11.0 Å². The van der Waals surface area contributed by atoms with E-state index in [1.165, 1.54) is 0 Å². The summed E-state index contributed by atoms with van der Waals surface area (Å²) in [6.45, 7) is 4.51. The van der Waals surface area contributed by atoms with Gasteiger partial charge >= 0.3 is 0 Å². The van der Waals surface area contributed by atoms with E-state index in [-0.39, 0.29) is 11.6 Å². The Hall–Kier alpha value is -2.40. The van der Waals surface area contributed by atoms with Crippen molar-refractivity contribution in [1.29, 1.82) is 0 Å². The summed E-state index contributed by atoms with van der Waals surface area (Å²) in [5.74, 6) is 0.493. The Morgan fingerprint density at radius 1 is 1.22 bits per heavy atom. The second-order valence-electron chi connectivity index (χ2n) is 5.31. The minimum atomic E-state index is -0.0598. The minimum Gasteiger partial charge on any atom is -0.348 e. The third-order valence-electron chi connectivity index (χ3n) is 3.75. The first-order valence-electron chi connectivity index (χ1n) is 7.47. The van der Waals surface area contributed by atoms with Crippen molar-refractivity contribution in [3.8, 4) is 0 Å². The zero-order valence-corrected chi connectivity index (χ0v) is 13.7. The largest absolute Gasteiger partial charge is 0.348 e. The molecular formula is C17H17ClN4O. The number of hydrogen-bond acceptors (Lipinski definition) is 4. The molecule has 0 fully saturated rings. The van der Waals surface area contributed by atoms with Crippen LogP contribution in [0.5, 0.6) is 0 Å². The summed E-state index contributed by atoms with van der Waals surface area (Å²) >= 11 is 5.91. The lowest BCUT2D eigenvalue weighted by atomic mass is 10.1. The van der Waals surface area contributed by atoms with Crippen LogP contribution in [0, 0.1) is 0 Å². The number of aromatic nitrogens is 3. The lowest BCUT2D eigenvalue weighted by Gasteiger charge is -2.15. The molecule has 6 heteroatoms. The van der Waals surface area contributed by atoms with Crippen LogP contribution in [0.4, 0.5) is 5.95 Å². The van der Waals surface area contributed by atoms with Gasteiger partial charge < -0.3 is 5.32 Å². The van der Waals surface area contributed by atoms with Gasteiger partial charge in [-0.25, -0.2) is 4.98 Å². The molecule has 118 valence electrons. The summed E-state index contributed by atoms with van der Waals surface area (Å²) in [4.78, 5) is 20.8. The van der Waals surface area contributed by atoms with Gasteiger partial charge in [0.2, 0.25) is 5.95 Å². The molecule has 0 aliphatic carbocycles. The fraction of sp³-hybridized carbons (Fsp3) is 0.235. The molecule has 0 bridgehead atoms. The summed E-state index contributed by atoms with van der Waals surface area (Å²) in [5.41, 5.74) is 1.66. The van der Waals surface area contributed by atoms with Crippen LogP contribution in [0.2, 0.25) is 5.02 Å². The molecule has 3 rings (SSSR count). The summed E-state index contributed by atoms with van der Waals surface area (Å²) in [6, 6.07) is 10.9. The molecule has 0 aliphatic rings. The molecule has 1 unspecified atom stereocenters. The molecule has 1 N–H and O–H groups in total. The van der Waals surface area contributed by atoms with Crippen LogP contribution in [0.3, 0.4) is 0 Å². The first-order valence-corrected chi connectivity index (χ1v) is 7.85. The summed E-state index contributed by atoms with van der Waals surface area (Å²) in [5, 5.41) is 4.81. The van der Waals surface area contributed by atoms with Gasteiger partial charge in [-0.2, -0.15) is 4.98 Å². The normalized spacial score (nSPS) is 12.3. The van der Waals surface area contributed by atoms with Crippen LogP contribution in [0.1, 0.15) is 25.5 Å². The van der Waals surface area contributed by atoms with E-state index in [0.29, 0.717) is 23.2 Å². The molecule has 0 radical (unpaired) electrons. The van der Waals surface area contributed by atoms with Crippen molar-refractivity contribution in [2.24, 2.45) is 0 Å². The van der Waals surface area contributed by atoms with Gasteiger partial charge in [-0.05, 0) is 37.6 Å². The topological polar surface area (TPSA) is 59.8 Å². The number of fused-ring (bicyclic) bond motifs is 1. The van der Waals surface area contributed by atoms with E-state index in [9.17, 15) is 4.79 Å². The van der Waals surface area contributed by atoms with E-state index in [1.54, 1.807) is 22.9 Å². The predicted molar refractivity (Wildman–Crippen MR) is 93.0 cm³/mol. The Kier molecular flexibility index (Phi) is 4.30. The summed E-state index contributed by atoms with van der Waals surface area (Å²) < 4.78 is 1.63. The Bertz CT molecular complexity index is 889. The van der Waals surface area contributed by atoms with Crippen LogP contribution in [-0.4, -0.2) is 14.5 Å². The standard InChI is InChI=1S/C17H17ClN4O/c1-3-22-15(23)9-6-13-10-19-17(21-16(13)22)20-11(2)12-4-7-14(18)8-5-12/h4-11H,3H2,1-2H3,(H,19,20,21). The van der Waals surface area contributed by atoms with Crippen molar-refractivity contribution in [2.75, 3.05) is 5.32 Å². The van der Waals surface area contributed by atoms with Gasteiger partial charge in [-0.15, -0.1) is 0 Å². The third kappa shape index (κ3) is 3.19. The number of halogens is 1. The van der Waals surface area contributed by atoms with E-state index < -0.39 is 0 Å². The number of anilines is 1. The molecule has 1 atom stereocenters. The Morgan fingerprint density at radius 2 is 1.96 bits per heavy atom. The molecule has 0 amide bonds. The van der Waals surface area contributed by atoms with E-state index in [2.05, 4.69) is 15.3 Å². The second-order valence-corrected chi connectivity index (χ2v) is 5.74. The number of pyridine rings is 1. The molecule has 0 saturated carbocycles. The highest BCUT2D eigenvalue weighted by atomic mass is 35.5. The molecule has 0 aliphatic heterocycles. The molecular weight excluding hydrogens is 312 g/mol. The molecule has 2 aromatic heterocycles. The monoisotopic (exact) mass is 328 g/mol. The predicted octanol–water partition coefficient (Wildman–Crippen LogP) is 3.64. The number of benzene rings is 1. The Morgan fingerprint density at radius 3 is 2.65 bits per heavy atom. The van der Waals surface area contributed by atoms with Gasteiger partial charge in [0.25, 0.3) is 5.56 Å². The molecule has 5 nitrogen and oxygen atoms in total. The number of aryl methyl sites for hydroxylation is 1. The van der Waals surface area contributed by atoms with Crippen molar-refractivity contribution in [1.82, 2.24) is 14.5 Å². The maximum absolute atomic E-state index is 11.9. The zero-order chi connectivity index (χ0) is 16.4. The van der Waals surface area contributed by atoms with Crippen LogP contribution in [-0.2, 0) is 6.54 Å². The zero-order valence-electron chi connectivity index (χ0n) is 13.0. The fourth-order valence-electron chi connectivity index (χ4n) is 2.47. The van der Waals surface area contributed by atoms with Crippen LogP contribution >= 0.6 is 11.6 Å². The van der Waals surface area contributed by atoms with Gasteiger partial charge in [-0.3, -0.25) is 9.36 Å². The molecule has 3 aromatic rings. The van der Waals surface area contributed by atoms with E-state index in [1.807, 2.05) is 38.1 Å².